The minimum absolute atomic E-state index is 0.0335. The Bertz CT molecular complexity index is 1950. The second kappa shape index (κ2) is 11.1. The first kappa shape index (κ1) is 31.6. The van der Waals surface area contributed by atoms with Crippen LogP contribution in [-0.4, -0.2) is 53.9 Å². The van der Waals surface area contributed by atoms with E-state index in [0.717, 1.165) is 18.2 Å². The predicted molar refractivity (Wildman–Crippen MR) is 158 cm³/mol. The molecule has 10 nitrogen and oxygen atoms in total. The molecule has 0 saturated heterocycles. The summed E-state index contributed by atoms with van der Waals surface area (Å²) in [6.07, 6.45) is 1.25. The van der Waals surface area contributed by atoms with Crippen LogP contribution in [0.5, 0.6) is 0 Å². The van der Waals surface area contributed by atoms with E-state index in [1.165, 1.54) is 43.4 Å². The van der Waals surface area contributed by atoms with E-state index >= 15 is 4.39 Å². The van der Waals surface area contributed by atoms with E-state index in [4.69, 9.17) is 9.15 Å². The van der Waals surface area contributed by atoms with Crippen LogP contribution in [0, 0.1) is 11.6 Å². The topological polar surface area (TPSA) is 140 Å². The Morgan fingerprint density at radius 2 is 1.51 bits per heavy atom. The Labute approximate surface area is 247 Å². The molecule has 1 N–H and O–H groups in total. The lowest BCUT2D eigenvalue weighted by Crippen LogP contribution is -2.35. The summed E-state index contributed by atoms with van der Waals surface area (Å²) in [5, 5.41) is 2.00. The quantitative estimate of drug-likeness (QED) is 0.278. The Kier molecular flexibility index (Phi) is 8.15. The number of nitrogens with zero attached hydrogens (tertiary/aromatic N) is 1. The van der Waals surface area contributed by atoms with Crippen LogP contribution < -0.4 is 9.03 Å². The Morgan fingerprint density at radius 1 is 0.907 bits per heavy atom. The van der Waals surface area contributed by atoms with Gasteiger partial charge in [-0.15, -0.1) is 0 Å². The molecule has 43 heavy (non-hydrogen) atoms. The maximum Gasteiger partial charge on any atom is 0.338 e. The van der Waals surface area contributed by atoms with Crippen molar-refractivity contribution in [3.05, 3.63) is 77.4 Å². The van der Waals surface area contributed by atoms with Gasteiger partial charge in [-0.3, -0.25) is 4.79 Å². The van der Waals surface area contributed by atoms with Crippen LogP contribution in [0.2, 0.25) is 0 Å². The molecule has 0 unspecified atom stereocenters. The number of anilines is 1. The van der Waals surface area contributed by atoms with Gasteiger partial charge < -0.3 is 14.5 Å². The van der Waals surface area contributed by atoms with Crippen LogP contribution >= 0.6 is 0 Å². The van der Waals surface area contributed by atoms with Gasteiger partial charge in [-0.1, -0.05) is 12.1 Å². The third-order valence-corrected chi connectivity index (χ3v) is 9.27. The highest BCUT2D eigenvalue weighted by molar-refractivity contribution is 8.09. The largest absolute Gasteiger partial charge is 0.456 e. The van der Waals surface area contributed by atoms with Crippen molar-refractivity contribution in [2.45, 2.75) is 26.4 Å². The average Bonchev–Trinajstić information content (AvgIpc) is 3.26. The zero-order chi connectivity index (χ0) is 32.1. The number of furan rings is 1. The van der Waals surface area contributed by atoms with Gasteiger partial charge >= 0.3 is 5.97 Å². The van der Waals surface area contributed by atoms with Crippen molar-refractivity contribution in [3.8, 4) is 22.5 Å². The number of fused-ring (bicyclic) bond motifs is 1. The first-order valence-corrected chi connectivity index (χ1v) is 16.3. The fraction of sp³-hybridized carbons (Fsp3) is 0.241. The maximum atomic E-state index is 16.9. The minimum Gasteiger partial charge on any atom is -0.456 e. The molecule has 1 heterocycles. The van der Waals surface area contributed by atoms with Gasteiger partial charge in [0.15, 0.2) is 0 Å². The van der Waals surface area contributed by atoms with Gasteiger partial charge in [0, 0.05) is 24.2 Å². The summed E-state index contributed by atoms with van der Waals surface area (Å²) in [6, 6.07) is 11.1. The van der Waals surface area contributed by atoms with E-state index in [1.807, 2.05) is 0 Å². The van der Waals surface area contributed by atoms with Crippen LogP contribution in [0.25, 0.3) is 33.4 Å². The standard InChI is InChI=1S/C29H28F2N2O8S2/c1-29(2,3)41-28(35)18-9-7-8-17(14-18)22-20(33(42(5,36)37)43(6,38)39)15-21-23(25(22)31)24(27(34)32-4)26(40-21)16-10-12-19(30)13-11-16/h7-15H,1-6H3,(H,32,34). The number of halogens is 2. The van der Waals surface area contributed by atoms with E-state index in [1.54, 1.807) is 20.8 Å². The predicted octanol–water partition coefficient (Wildman–Crippen LogP) is 5.09. The molecular formula is C29H28F2N2O8S2. The van der Waals surface area contributed by atoms with Gasteiger partial charge in [-0.25, -0.2) is 30.4 Å². The molecule has 0 spiro atoms. The number of benzene rings is 3. The molecule has 1 aromatic heterocycles. The SMILES string of the molecule is CNC(=O)c1c(-c2ccc(F)cc2)oc2cc(N(S(C)(=O)=O)S(C)(=O)=O)c(-c3cccc(C(=O)OC(C)(C)C)c3)c(F)c12. The third-order valence-electron chi connectivity index (χ3n) is 6.04. The Hall–Kier alpha value is -4.30. The van der Waals surface area contributed by atoms with Crippen molar-refractivity contribution in [1.29, 1.82) is 0 Å². The van der Waals surface area contributed by atoms with E-state index in [9.17, 15) is 30.8 Å². The summed E-state index contributed by atoms with van der Waals surface area (Å²) < 4.78 is 93.2. The second-order valence-electron chi connectivity index (χ2n) is 10.7. The number of carbonyl (C=O) groups excluding carboxylic acids is 2. The zero-order valence-corrected chi connectivity index (χ0v) is 25.6. The molecular weight excluding hydrogens is 606 g/mol. The number of amides is 1. The number of ether oxygens (including phenoxy) is 1. The summed E-state index contributed by atoms with van der Waals surface area (Å²) in [4.78, 5) is 25.9. The van der Waals surface area contributed by atoms with Crippen LogP contribution in [0.15, 0.2) is 59.0 Å². The molecule has 0 aliphatic carbocycles. The number of carbonyl (C=O) groups is 2. The molecule has 14 heteroatoms. The summed E-state index contributed by atoms with van der Waals surface area (Å²) >= 11 is 0. The first-order valence-electron chi connectivity index (χ1n) is 12.6. The Balaban J connectivity index is 2.17. The highest BCUT2D eigenvalue weighted by atomic mass is 32.3. The fourth-order valence-corrected chi connectivity index (χ4v) is 7.48. The lowest BCUT2D eigenvalue weighted by Gasteiger charge is -2.24. The van der Waals surface area contributed by atoms with Crippen molar-refractivity contribution in [1.82, 2.24) is 5.32 Å². The normalized spacial score (nSPS) is 12.3. The molecule has 4 aromatic rings. The van der Waals surface area contributed by atoms with Gasteiger partial charge in [0.2, 0.25) is 20.0 Å². The number of sulfonamides is 2. The van der Waals surface area contributed by atoms with Crippen LogP contribution in [0.4, 0.5) is 14.5 Å². The molecule has 0 radical (unpaired) electrons. The monoisotopic (exact) mass is 634 g/mol. The van der Waals surface area contributed by atoms with Crippen LogP contribution in [0.3, 0.4) is 0 Å². The smallest absolute Gasteiger partial charge is 0.338 e. The summed E-state index contributed by atoms with van der Waals surface area (Å²) in [6.45, 7) is 4.94. The third kappa shape index (κ3) is 6.39. The van der Waals surface area contributed by atoms with E-state index < -0.39 is 65.8 Å². The van der Waals surface area contributed by atoms with Gasteiger partial charge in [0.05, 0.1) is 34.7 Å². The van der Waals surface area contributed by atoms with E-state index in [2.05, 4.69) is 5.32 Å². The first-order chi connectivity index (χ1) is 19.8. The summed E-state index contributed by atoms with van der Waals surface area (Å²) in [5.41, 5.74) is -2.69. The summed E-state index contributed by atoms with van der Waals surface area (Å²) in [7, 11) is -7.90. The molecule has 1 amide bonds. The molecule has 0 bridgehead atoms. The molecule has 0 atom stereocenters. The van der Waals surface area contributed by atoms with Crippen molar-refractivity contribution >= 4 is 48.6 Å². The molecule has 0 fully saturated rings. The number of esters is 1. The number of hydrogen-bond donors (Lipinski definition) is 1. The highest BCUT2D eigenvalue weighted by Crippen LogP contribution is 2.45. The van der Waals surface area contributed by atoms with Gasteiger partial charge in [-0.05, 0) is 62.7 Å². The number of nitrogens with one attached hydrogen (secondary N) is 1. The zero-order valence-electron chi connectivity index (χ0n) is 24.0. The lowest BCUT2D eigenvalue weighted by atomic mass is 9.96. The van der Waals surface area contributed by atoms with Gasteiger partial charge in [0.1, 0.15) is 28.6 Å². The lowest BCUT2D eigenvalue weighted by molar-refractivity contribution is 0.00693. The fourth-order valence-electron chi connectivity index (χ4n) is 4.51. The van der Waals surface area contributed by atoms with Crippen molar-refractivity contribution in [2.75, 3.05) is 23.3 Å². The van der Waals surface area contributed by atoms with Crippen LogP contribution in [0.1, 0.15) is 41.5 Å². The molecule has 4 rings (SSSR count). The molecule has 0 aliphatic rings. The number of hydrogen-bond acceptors (Lipinski definition) is 8. The second-order valence-corrected chi connectivity index (χ2v) is 14.5. The minimum atomic E-state index is -4.60. The van der Waals surface area contributed by atoms with Crippen molar-refractivity contribution in [3.63, 3.8) is 0 Å². The average molecular weight is 635 g/mol. The number of rotatable bonds is 7. The molecule has 228 valence electrons. The van der Waals surface area contributed by atoms with Gasteiger partial charge in [-0.2, -0.15) is 3.71 Å². The van der Waals surface area contributed by atoms with Gasteiger partial charge in [0.25, 0.3) is 5.91 Å². The maximum absolute atomic E-state index is 16.9. The van der Waals surface area contributed by atoms with E-state index in [0.29, 0.717) is 12.5 Å². The Morgan fingerprint density at radius 3 is 2.05 bits per heavy atom. The molecule has 3 aromatic carbocycles. The highest BCUT2D eigenvalue weighted by Gasteiger charge is 2.35. The molecule has 0 saturated carbocycles. The summed E-state index contributed by atoms with van der Waals surface area (Å²) in [5.74, 6) is -3.53. The van der Waals surface area contributed by atoms with E-state index in [-0.39, 0.29) is 37.3 Å². The van der Waals surface area contributed by atoms with Crippen LogP contribution in [-0.2, 0) is 24.8 Å². The van der Waals surface area contributed by atoms with Crippen molar-refractivity contribution < 1.29 is 44.4 Å². The van der Waals surface area contributed by atoms with Crippen molar-refractivity contribution in [2.24, 2.45) is 0 Å². The molecule has 0 aliphatic heterocycles.